The number of aromatic nitrogens is 1. The summed E-state index contributed by atoms with van der Waals surface area (Å²) in [5.74, 6) is -0.701. The molecule has 0 saturated carbocycles. The maximum absolute atomic E-state index is 13.7. The second kappa shape index (κ2) is 9.82. The van der Waals surface area contributed by atoms with Crippen molar-refractivity contribution in [1.29, 1.82) is 0 Å². The molecule has 1 saturated heterocycles. The van der Waals surface area contributed by atoms with E-state index in [1.807, 2.05) is 12.1 Å². The lowest BCUT2D eigenvalue weighted by Gasteiger charge is -2.29. The first-order valence-corrected chi connectivity index (χ1v) is 10.2. The summed E-state index contributed by atoms with van der Waals surface area (Å²) in [6.45, 7) is 4.20. The first-order chi connectivity index (χ1) is 13.6. The van der Waals surface area contributed by atoms with Gasteiger partial charge in [0.15, 0.2) is 5.13 Å². The van der Waals surface area contributed by atoms with Gasteiger partial charge in [0.25, 0.3) is 5.91 Å². The topological polar surface area (TPSA) is 45.7 Å². The Balaban J connectivity index is 0.00000240. The molecule has 1 aromatic heterocycles. The second-order valence-corrected chi connectivity index (χ2v) is 7.98. The van der Waals surface area contributed by atoms with E-state index in [0.717, 1.165) is 23.3 Å². The molecule has 154 valence electrons. The highest BCUT2D eigenvalue weighted by Crippen LogP contribution is 2.31. The number of amides is 1. The van der Waals surface area contributed by atoms with Crippen LogP contribution < -0.4 is 4.90 Å². The van der Waals surface area contributed by atoms with Crippen LogP contribution in [-0.2, 0) is 4.74 Å². The van der Waals surface area contributed by atoms with Gasteiger partial charge in [0.2, 0.25) is 0 Å². The third-order valence-corrected chi connectivity index (χ3v) is 5.91. The number of morpholine rings is 1. The van der Waals surface area contributed by atoms with Gasteiger partial charge in [0, 0.05) is 36.8 Å². The largest absolute Gasteiger partial charge is 0.379 e. The van der Waals surface area contributed by atoms with E-state index in [0.29, 0.717) is 42.0 Å². The highest BCUT2D eigenvalue weighted by molar-refractivity contribution is 7.22. The molecule has 0 radical (unpaired) electrons. The first-order valence-electron chi connectivity index (χ1n) is 9.04. The van der Waals surface area contributed by atoms with Gasteiger partial charge in [0.1, 0.15) is 5.82 Å². The number of carbonyl (C=O) groups is 1. The Labute approximate surface area is 183 Å². The van der Waals surface area contributed by atoms with Crippen molar-refractivity contribution in [2.24, 2.45) is 0 Å². The third-order valence-electron chi connectivity index (χ3n) is 4.63. The van der Waals surface area contributed by atoms with Crippen LogP contribution in [0.5, 0.6) is 0 Å². The molecular formula is C20H20Cl2FN3O2S. The SMILES string of the molecule is Cl.O=C(c1cccc(F)c1)N(CCN1CCOCC1)c1nc2ccc(Cl)cc2s1. The average Bonchev–Trinajstić information content (AvgIpc) is 3.11. The lowest BCUT2D eigenvalue weighted by molar-refractivity contribution is 0.0391. The lowest BCUT2D eigenvalue weighted by Crippen LogP contribution is -2.43. The van der Waals surface area contributed by atoms with Gasteiger partial charge < -0.3 is 4.74 Å². The molecule has 0 atom stereocenters. The van der Waals surface area contributed by atoms with E-state index in [9.17, 15) is 9.18 Å². The van der Waals surface area contributed by atoms with E-state index < -0.39 is 5.82 Å². The molecule has 2 aromatic carbocycles. The van der Waals surface area contributed by atoms with E-state index in [-0.39, 0.29) is 18.3 Å². The summed E-state index contributed by atoms with van der Waals surface area (Å²) in [6.07, 6.45) is 0. The molecule has 1 aliphatic heterocycles. The van der Waals surface area contributed by atoms with Crippen molar-refractivity contribution in [3.05, 3.63) is 58.9 Å². The van der Waals surface area contributed by atoms with Crippen LogP contribution in [0.2, 0.25) is 5.02 Å². The normalized spacial score (nSPS) is 14.6. The summed E-state index contributed by atoms with van der Waals surface area (Å²) >= 11 is 7.49. The lowest BCUT2D eigenvalue weighted by atomic mass is 10.2. The molecule has 0 aliphatic carbocycles. The van der Waals surface area contributed by atoms with Gasteiger partial charge in [-0.05, 0) is 36.4 Å². The molecule has 3 aromatic rings. The summed E-state index contributed by atoms with van der Waals surface area (Å²) in [5, 5.41) is 1.21. The van der Waals surface area contributed by atoms with Crippen LogP contribution in [0.15, 0.2) is 42.5 Å². The Hall–Kier alpha value is -1.77. The van der Waals surface area contributed by atoms with E-state index >= 15 is 0 Å². The van der Waals surface area contributed by atoms with E-state index in [1.54, 1.807) is 23.1 Å². The number of halogens is 3. The fraction of sp³-hybridized carbons (Fsp3) is 0.300. The molecule has 2 heterocycles. The minimum Gasteiger partial charge on any atom is -0.379 e. The number of rotatable bonds is 5. The first kappa shape index (κ1) is 21.9. The van der Waals surface area contributed by atoms with E-state index in [4.69, 9.17) is 16.3 Å². The zero-order valence-electron chi connectivity index (χ0n) is 15.5. The van der Waals surface area contributed by atoms with Crippen molar-refractivity contribution >= 4 is 56.6 Å². The minimum atomic E-state index is -0.435. The number of fused-ring (bicyclic) bond motifs is 1. The van der Waals surface area contributed by atoms with Gasteiger partial charge in [-0.3, -0.25) is 14.6 Å². The maximum Gasteiger partial charge on any atom is 0.260 e. The van der Waals surface area contributed by atoms with Crippen molar-refractivity contribution in [3.63, 3.8) is 0 Å². The predicted molar refractivity (Wildman–Crippen MR) is 117 cm³/mol. The Morgan fingerprint density at radius 2 is 2.03 bits per heavy atom. The molecular weight excluding hydrogens is 436 g/mol. The zero-order chi connectivity index (χ0) is 19.5. The number of benzene rings is 2. The maximum atomic E-state index is 13.7. The van der Waals surface area contributed by atoms with Crippen molar-refractivity contribution < 1.29 is 13.9 Å². The van der Waals surface area contributed by atoms with Crippen LogP contribution in [0.1, 0.15) is 10.4 Å². The smallest absolute Gasteiger partial charge is 0.260 e. The number of ether oxygens (including phenoxy) is 1. The fourth-order valence-electron chi connectivity index (χ4n) is 3.13. The molecule has 9 heteroatoms. The van der Waals surface area contributed by atoms with Gasteiger partial charge in [-0.25, -0.2) is 9.37 Å². The van der Waals surface area contributed by atoms with E-state index in [1.165, 1.54) is 23.5 Å². The number of thiazole rings is 1. The summed E-state index contributed by atoms with van der Waals surface area (Å²) < 4.78 is 20.0. The Bertz CT molecular complexity index is 995. The standard InChI is InChI=1S/C20H19ClFN3O2S.ClH/c21-15-4-5-17-18(13-15)28-20(23-17)25(7-6-24-8-10-27-11-9-24)19(26)14-2-1-3-16(22)12-14;/h1-5,12-13H,6-11H2;1H. The summed E-state index contributed by atoms with van der Waals surface area (Å²) in [6, 6.07) is 11.2. The average molecular weight is 456 g/mol. The second-order valence-electron chi connectivity index (χ2n) is 6.53. The van der Waals surface area contributed by atoms with Gasteiger partial charge in [-0.1, -0.05) is 29.0 Å². The Morgan fingerprint density at radius 1 is 1.24 bits per heavy atom. The highest BCUT2D eigenvalue weighted by Gasteiger charge is 2.23. The van der Waals surface area contributed by atoms with Crippen molar-refractivity contribution in [2.45, 2.75) is 0 Å². The Kier molecular flexibility index (Phi) is 7.43. The van der Waals surface area contributed by atoms with Crippen molar-refractivity contribution in [1.82, 2.24) is 9.88 Å². The monoisotopic (exact) mass is 455 g/mol. The Morgan fingerprint density at radius 3 is 2.79 bits per heavy atom. The molecule has 1 amide bonds. The van der Waals surface area contributed by atoms with Gasteiger partial charge in [0.05, 0.1) is 23.4 Å². The molecule has 1 fully saturated rings. The third kappa shape index (κ3) is 5.24. The summed E-state index contributed by atoms with van der Waals surface area (Å²) in [7, 11) is 0. The molecule has 0 unspecified atom stereocenters. The van der Waals surface area contributed by atoms with Crippen molar-refractivity contribution in [2.75, 3.05) is 44.3 Å². The fourth-order valence-corrected chi connectivity index (χ4v) is 4.40. The number of hydrogen-bond donors (Lipinski definition) is 0. The number of anilines is 1. The van der Waals surface area contributed by atoms with Crippen LogP contribution >= 0.6 is 35.3 Å². The van der Waals surface area contributed by atoms with Crippen LogP contribution in [0, 0.1) is 5.82 Å². The highest BCUT2D eigenvalue weighted by atomic mass is 35.5. The predicted octanol–water partition coefficient (Wildman–Crippen LogP) is 4.49. The molecule has 1 aliphatic rings. The molecule has 29 heavy (non-hydrogen) atoms. The zero-order valence-corrected chi connectivity index (χ0v) is 17.9. The number of hydrogen-bond acceptors (Lipinski definition) is 5. The van der Waals surface area contributed by atoms with Crippen LogP contribution in [0.4, 0.5) is 9.52 Å². The van der Waals surface area contributed by atoms with Crippen LogP contribution in [-0.4, -0.2) is 55.2 Å². The van der Waals surface area contributed by atoms with Gasteiger partial charge >= 0.3 is 0 Å². The van der Waals surface area contributed by atoms with Gasteiger partial charge in [-0.2, -0.15) is 0 Å². The summed E-state index contributed by atoms with van der Waals surface area (Å²) in [4.78, 5) is 21.7. The quantitative estimate of drug-likeness (QED) is 0.568. The van der Waals surface area contributed by atoms with Crippen LogP contribution in [0.25, 0.3) is 10.2 Å². The molecule has 0 N–H and O–H groups in total. The van der Waals surface area contributed by atoms with Crippen molar-refractivity contribution in [3.8, 4) is 0 Å². The molecule has 4 rings (SSSR count). The van der Waals surface area contributed by atoms with Gasteiger partial charge in [-0.15, -0.1) is 12.4 Å². The van der Waals surface area contributed by atoms with E-state index in [2.05, 4.69) is 9.88 Å². The summed E-state index contributed by atoms with van der Waals surface area (Å²) in [5.41, 5.74) is 1.09. The van der Waals surface area contributed by atoms with Crippen LogP contribution in [0.3, 0.4) is 0 Å². The molecule has 0 bridgehead atoms. The number of nitrogens with zero attached hydrogens (tertiary/aromatic N) is 3. The molecule has 5 nitrogen and oxygen atoms in total. The number of carbonyl (C=O) groups excluding carboxylic acids is 1. The molecule has 0 spiro atoms. The minimum absolute atomic E-state index is 0.